The van der Waals surface area contributed by atoms with E-state index in [1.54, 1.807) is 30.3 Å². The zero-order valence-corrected chi connectivity index (χ0v) is 13.1. The first kappa shape index (κ1) is 16.5. The number of nitrogens with one attached hydrogen (secondary N) is 1. The van der Waals surface area contributed by atoms with E-state index >= 15 is 0 Å². The second-order valence-corrected chi connectivity index (χ2v) is 5.20. The molecule has 0 spiro atoms. The first-order valence-electron chi connectivity index (χ1n) is 7.39. The molecule has 23 heavy (non-hydrogen) atoms. The highest BCUT2D eigenvalue weighted by Gasteiger charge is 2.12. The summed E-state index contributed by atoms with van der Waals surface area (Å²) >= 11 is 0. The van der Waals surface area contributed by atoms with Crippen LogP contribution in [0.25, 0.3) is 0 Å². The van der Waals surface area contributed by atoms with Gasteiger partial charge in [-0.3, -0.25) is 15.5 Å². The van der Waals surface area contributed by atoms with Crippen LogP contribution in [-0.2, 0) is 0 Å². The van der Waals surface area contributed by atoms with Crippen molar-refractivity contribution in [1.82, 2.24) is 0 Å². The van der Waals surface area contributed by atoms with Crippen molar-refractivity contribution < 1.29 is 10.0 Å². The largest absolute Gasteiger partial charge is 0.508 e. The van der Waals surface area contributed by atoms with Crippen molar-refractivity contribution in [3.05, 3.63) is 63.7 Å². The van der Waals surface area contributed by atoms with Gasteiger partial charge in [0.1, 0.15) is 11.4 Å². The quantitative estimate of drug-likeness (QED) is 0.474. The molecule has 120 valence electrons. The molecule has 0 aliphatic heterocycles. The Morgan fingerprint density at radius 1 is 1.30 bits per heavy atom. The molecule has 0 saturated heterocycles. The maximum Gasteiger partial charge on any atom is 0.294 e. The van der Waals surface area contributed by atoms with Gasteiger partial charge in [-0.1, -0.05) is 25.5 Å². The Balaban J connectivity index is 2.33. The molecule has 6 heteroatoms. The Labute approximate surface area is 134 Å². The number of aryl methyl sites for hydroxylation is 1. The van der Waals surface area contributed by atoms with E-state index in [9.17, 15) is 15.2 Å². The van der Waals surface area contributed by atoms with E-state index in [1.807, 2.05) is 19.9 Å². The molecule has 0 amide bonds. The van der Waals surface area contributed by atoms with Gasteiger partial charge in [-0.25, -0.2) is 0 Å². The van der Waals surface area contributed by atoms with Crippen molar-refractivity contribution in [2.45, 2.75) is 26.7 Å². The molecular formula is C17H19N3O3. The van der Waals surface area contributed by atoms with E-state index in [0.29, 0.717) is 5.69 Å². The number of phenolic OH excluding ortho intramolecular Hbond substituents is 1. The van der Waals surface area contributed by atoms with Crippen LogP contribution in [0.1, 0.15) is 30.9 Å². The number of para-hydroxylation sites is 2. The number of anilines is 1. The zero-order chi connectivity index (χ0) is 16.8. The van der Waals surface area contributed by atoms with Crippen molar-refractivity contribution >= 4 is 17.1 Å². The number of nitrogens with zero attached hydrogens (tertiary/aromatic N) is 2. The summed E-state index contributed by atoms with van der Waals surface area (Å²) in [4.78, 5) is 10.6. The molecule has 6 nitrogen and oxygen atoms in total. The van der Waals surface area contributed by atoms with Gasteiger partial charge >= 0.3 is 0 Å². The number of nitro groups is 1. The highest BCUT2D eigenvalue weighted by molar-refractivity contribution is 6.01. The summed E-state index contributed by atoms with van der Waals surface area (Å²) in [7, 11) is 0. The van der Waals surface area contributed by atoms with Crippen LogP contribution in [0.3, 0.4) is 0 Å². The zero-order valence-electron chi connectivity index (χ0n) is 13.1. The van der Waals surface area contributed by atoms with Gasteiger partial charge in [-0.05, 0) is 48.7 Å². The van der Waals surface area contributed by atoms with Crippen LogP contribution < -0.4 is 5.43 Å². The molecule has 0 bridgehead atoms. The molecule has 0 aromatic heterocycles. The Morgan fingerprint density at radius 2 is 2.04 bits per heavy atom. The lowest BCUT2D eigenvalue weighted by molar-refractivity contribution is -0.384. The van der Waals surface area contributed by atoms with Crippen LogP contribution in [0, 0.1) is 17.0 Å². The van der Waals surface area contributed by atoms with Crippen molar-refractivity contribution in [3.63, 3.8) is 0 Å². The van der Waals surface area contributed by atoms with Crippen LogP contribution in [0.5, 0.6) is 5.75 Å². The molecule has 0 heterocycles. The number of hydrogen-bond acceptors (Lipinski definition) is 5. The molecule has 0 radical (unpaired) electrons. The third-order valence-corrected chi connectivity index (χ3v) is 3.43. The SMILES string of the molecule is CCCC(=NNc1ccccc1[N+](=O)[O-])c1ccc(O)c(C)c1. The predicted octanol–water partition coefficient (Wildman–Crippen LogP) is 4.23. The summed E-state index contributed by atoms with van der Waals surface area (Å²) in [6.45, 7) is 3.85. The van der Waals surface area contributed by atoms with Crippen LogP contribution in [0.4, 0.5) is 11.4 Å². The molecule has 0 aliphatic carbocycles. The summed E-state index contributed by atoms with van der Waals surface area (Å²) < 4.78 is 0. The van der Waals surface area contributed by atoms with E-state index in [4.69, 9.17) is 0 Å². The molecular weight excluding hydrogens is 294 g/mol. The lowest BCUT2D eigenvalue weighted by Gasteiger charge is -2.09. The predicted molar refractivity (Wildman–Crippen MR) is 91.0 cm³/mol. The number of hydrazone groups is 1. The van der Waals surface area contributed by atoms with Crippen molar-refractivity contribution in [2.24, 2.45) is 5.10 Å². The first-order chi connectivity index (χ1) is 11.0. The molecule has 2 aromatic carbocycles. The Morgan fingerprint density at radius 3 is 2.70 bits per heavy atom. The number of aromatic hydroxyl groups is 1. The number of rotatable bonds is 6. The second kappa shape index (κ2) is 7.40. The topological polar surface area (TPSA) is 87.8 Å². The molecule has 2 aromatic rings. The molecule has 0 fully saturated rings. The monoisotopic (exact) mass is 313 g/mol. The summed E-state index contributed by atoms with van der Waals surface area (Å²) in [6.07, 6.45) is 1.61. The summed E-state index contributed by atoms with van der Waals surface area (Å²) in [5.74, 6) is 0.233. The van der Waals surface area contributed by atoms with Gasteiger partial charge in [0.05, 0.1) is 10.6 Å². The minimum Gasteiger partial charge on any atom is -0.508 e. The minimum absolute atomic E-state index is 0.0195. The Hall–Kier alpha value is -2.89. The van der Waals surface area contributed by atoms with Crippen LogP contribution in [-0.4, -0.2) is 15.7 Å². The number of phenols is 1. The average Bonchev–Trinajstić information content (AvgIpc) is 2.54. The Bertz CT molecular complexity index is 742. The molecule has 2 N–H and O–H groups in total. The normalized spacial score (nSPS) is 11.3. The lowest BCUT2D eigenvalue weighted by Crippen LogP contribution is -2.05. The summed E-state index contributed by atoms with van der Waals surface area (Å²) in [5.41, 5.74) is 5.55. The second-order valence-electron chi connectivity index (χ2n) is 5.20. The van der Waals surface area contributed by atoms with Gasteiger partial charge < -0.3 is 5.11 Å². The lowest BCUT2D eigenvalue weighted by atomic mass is 10.0. The van der Waals surface area contributed by atoms with Gasteiger partial charge in [-0.15, -0.1) is 0 Å². The van der Waals surface area contributed by atoms with E-state index in [-0.39, 0.29) is 11.4 Å². The molecule has 2 rings (SSSR count). The van der Waals surface area contributed by atoms with Crippen LogP contribution in [0.2, 0.25) is 0 Å². The number of nitro benzene ring substituents is 1. The third-order valence-electron chi connectivity index (χ3n) is 3.43. The fourth-order valence-electron chi connectivity index (χ4n) is 2.19. The summed E-state index contributed by atoms with van der Waals surface area (Å²) in [5, 5.41) is 25.0. The smallest absolute Gasteiger partial charge is 0.294 e. The molecule has 0 saturated carbocycles. The third kappa shape index (κ3) is 4.06. The van der Waals surface area contributed by atoms with E-state index in [2.05, 4.69) is 10.5 Å². The minimum atomic E-state index is -0.442. The van der Waals surface area contributed by atoms with Crippen molar-refractivity contribution in [1.29, 1.82) is 0 Å². The van der Waals surface area contributed by atoms with Crippen LogP contribution in [0.15, 0.2) is 47.6 Å². The highest BCUT2D eigenvalue weighted by Crippen LogP contribution is 2.24. The van der Waals surface area contributed by atoms with Crippen molar-refractivity contribution in [2.75, 3.05) is 5.43 Å². The first-order valence-corrected chi connectivity index (χ1v) is 7.39. The number of benzene rings is 2. The molecule has 0 atom stereocenters. The summed E-state index contributed by atoms with van der Waals surface area (Å²) in [6, 6.07) is 11.7. The van der Waals surface area contributed by atoms with E-state index in [1.165, 1.54) is 6.07 Å². The van der Waals surface area contributed by atoms with Gasteiger partial charge in [0.2, 0.25) is 0 Å². The maximum absolute atomic E-state index is 11.0. The molecule has 0 unspecified atom stereocenters. The van der Waals surface area contributed by atoms with Crippen LogP contribution >= 0.6 is 0 Å². The maximum atomic E-state index is 11.0. The van der Waals surface area contributed by atoms with E-state index in [0.717, 1.165) is 29.7 Å². The van der Waals surface area contributed by atoms with Gasteiger partial charge in [-0.2, -0.15) is 5.10 Å². The average molecular weight is 313 g/mol. The Kier molecular flexibility index (Phi) is 5.30. The van der Waals surface area contributed by atoms with E-state index < -0.39 is 4.92 Å². The van der Waals surface area contributed by atoms with Gasteiger partial charge in [0, 0.05) is 6.07 Å². The van der Waals surface area contributed by atoms with Gasteiger partial charge in [0.15, 0.2) is 0 Å². The number of hydrogen-bond donors (Lipinski definition) is 2. The standard InChI is InChI=1S/C17H19N3O3/c1-3-6-14(13-9-10-17(21)12(2)11-13)18-19-15-7-4-5-8-16(15)20(22)23/h4-5,7-11,19,21H,3,6H2,1-2H3. The molecule has 0 aliphatic rings. The highest BCUT2D eigenvalue weighted by atomic mass is 16.6. The van der Waals surface area contributed by atoms with Gasteiger partial charge in [0.25, 0.3) is 5.69 Å². The fourth-order valence-corrected chi connectivity index (χ4v) is 2.19. The fraction of sp³-hybridized carbons (Fsp3) is 0.235. The van der Waals surface area contributed by atoms with Crippen molar-refractivity contribution in [3.8, 4) is 5.75 Å².